The average molecular weight is 222 g/mol. The zero-order valence-corrected chi connectivity index (χ0v) is 8.81. The van der Waals surface area contributed by atoms with E-state index in [1.807, 2.05) is 0 Å². The van der Waals surface area contributed by atoms with Gasteiger partial charge in [0.1, 0.15) is 0 Å². The first kappa shape index (κ1) is 11.9. The normalized spacial score (nSPS) is 9.62. The van der Waals surface area contributed by atoms with E-state index in [2.05, 4.69) is 4.74 Å². The summed E-state index contributed by atoms with van der Waals surface area (Å²) in [5.74, 6) is -2.70. The summed E-state index contributed by atoms with van der Waals surface area (Å²) in [4.78, 5) is 32.8. The van der Waals surface area contributed by atoms with Gasteiger partial charge in [0, 0.05) is 6.92 Å². The second-order valence-electron chi connectivity index (χ2n) is 3.16. The van der Waals surface area contributed by atoms with Crippen LogP contribution in [0.5, 0.6) is 0 Å². The molecule has 1 N–H and O–H groups in total. The molecule has 0 bridgehead atoms. The smallest absolute Gasteiger partial charge is 0.346 e. The number of esters is 2. The molecule has 84 valence electrons. The summed E-state index contributed by atoms with van der Waals surface area (Å²) in [6.07, 6.45) is 0. The third-order valence-corrected chi connectivity index (χ3v) is 2.02. The van der Waals surface area contributed by atoms with Gasteiger partial charge in [-0.25, -0.2) is 9.59 Å². The molecule has 0 aliphatic heterocycles. The quantitative estimate of drug-likeness (QED) is 0.604. The number of carbonyl (C=O) groups is 3. The summed E-state index contributed by atoms with van der Waals surface area (Å²) >= 11 is 0. The number of rotatable bonds is 2. The fourth-order valence-corrected chi connectivity index (χ4v) is 1.27. The van der Waals surface area contributed by atoms with E-state index in [9.17, 15) is 14.4 Å². The Morgan fingerprint density at radius 1 is 1.19 bits per heavy atom. The lowest BCUT2D eigenvalue weighted by atomic mass is 10.0. The van der Waals surface area contributed by atoms with E-state index in [4.69, 9.17) is 5.11 Å². The van der Waals surface area contributed by atoms with Gasteiger partial charge in [0.25, 0.3) is 0 Å². The molecule has 0 aromatic heterocycles. The van der Waals surface area contributed by atoms with Crippen LogP contribution in [0.15, 0.2) is 18.2 Å². The topological polar surface area (TPSA) is 80.7 Å². The minimum atomic E-state index is -1.13. The Bertz CT molecular complexity index is 461. The Hall–Kier alpha value is -2.17. The summed E-state index contributed by atoms with van der Waals surface area (Å²) in [6.45, 7) is 2.59. The van der Waals surface area contributed by atoms with Crippen molar-refractivity contribution in [2.75, 3.05) is 0 Å². The van der Waals surface area contributed by atoms with Crippen molar-refractivity contribution in [3.63, 3.8) is 0 Å². The zero-order chi connectivity index (χ0) is 12.3. The highest BCUT2D eigenvalue weighted by molar-refractivity contribution is 6.00. The molecule has 0 atom stereocenters. The summed E-state index contributed by atoms with van der Waals surface area (Å²) in [5, 5.41) is 8.83. The molecule has 1 aromatic rings. The van der Waals surface area contributed by atoms with Crippen LogP contribution in [-0.2, 0) is 9.53 Å². The molecular weight excluding hydrogens is 212 g/mol. The standard InChI is InChI=1S/C11H10O5/c1-6-8(10(13)14)4-3-5-9(6)11(15)16-7(2)12/h3-5H,1-2H3,(H,13,14). The summed E-state index contributed by atoms with van der Waals surface area (Å²) in [7, 11) is 0. The number of hydrogen-bond acceptors (Lipinski definition) is 4. The van der Waals surface area contributed by atoms with Gasteiger partial charge >= 0.3 is 17.9 Å². The molecule has 0 saturated carbocycles. The molecule has 0 unspecified atom stereocenters. The van der Waals surface area contributed by atoms with Crippen molar-refractivity contribution in [2.45, 2.75) is 13.8 Å². The number of carbonyl (C=O) groups excluding carboxylic acids is 2. The van der Waals surface area contributed by atoms with Gasteiger partial charge in [-0.2, -0.15) is 0 Å². The fourth-order valence-electron chi connectivity index (χ4n) is 1.27. The molecule has 5 nitrogen and oxygen atoms in total. The number of carboxylic acid groups (broad SMARTS) is 1. The molecule has 5 heteroatoms. The van der Waals surface area contributed by atoms with Gasteiger partial charge < -0.3 is 9.84 Å². The van der Waals surface area contributed by atoms with Crippen molar-refractivity contribution in [1.29, 1.82) is 0 Å². The predicted octanol–water partition coefficient (Wildman–Crippen LogP) is 1.40. The minimum absolute atomic E-state index is 0.0120. The van der Waals surface area contributed by atoms with Crippen molar-refractivity contribution in [3.05, 3.63) is 34.9 Å². The van der Waals surface area contributed by atoms with E-state index in [-0.39, 0.29) is 16.7 Å². The molecular formula is C11H10O5. The average Bonchev–Trinajstić information content (AvgIpc) is 2.16. The van der Waals surface area contributed by atoms with Crippen LogP contribution < -0.4 is 0 Å². The molecule has 0 amide bonds. The molecule has 1 aromatic carbocycles. The van der Waals surface area contributed by atoms with Crippen LogP contribution in [0.2, 0.25) is 0 Å². The highest BCUT2D eigenvalue weighted by atomic mass is 16.6. The van der Waals surface area contributed by atoms with E-state index in [0.717, 1.165) is 6.92 Å². The van der Waals surface area contributed by atoms with E-state index < -0.39 is 17.9 Å². The van der Waals surface area contributed by atoms with Crippen molar-refractivity contribution < 1.29 is 24.2 Å². The number of hydrogen-bond donors (Lipinski definition) is 1. The molecule has 0 fully saturated rings. The Balaban J connectivity index is 3.15. The van der Waals surface area contributed by atoms with Crippen molar-refractivity contribution in [3.8, 4) is 0 Å². The van der Waals surface area contributed by atoms with Crippen LogP contribution in [0, 0.1) is 6.92 Å². The lowest BCUT2D eigenvalue weighted by Crippen LogP contribution is -2.13. The van der Waals surface area contributed by atoms with Crippen molar-refractivity contribution in [2.24, 2.45) is 0 Å². The number of benzene rings is 1. The van der Waals surface area contributed by atoms with Gasteiger partial charge in [-0.15, -0.1) is 0 Å². The van der Waals surface area contributed by atoms with Gasteiger partial charge in [0.2, 0.25) is 0 Å². The van der Waals surface area contributed by atoms with E-state index in [1.54, 1.807) is 0 Å². The summed E-state index contributed by atoms with van der Waals surface area (Å²) < 4.78 is 4.38. The highest BCUT2D eigenvalue weighted by Crippen LogP contribution is 2.15. The Kier molecular flexibility index (Phi) is 3.40. The zero-order valence-electron chi connectivity index (χ0n) is 8.81. The molecule has 1 rings (SSSR count). The molecule has 0 aliphatic carbocycles. The first-order valence-electron chi connectivity index (χ1n) is 4.49. The maximum absolute atomic E-state index is 11.4. The Morgan fingerprint density at radius 2 is 1.75 bits per heavy atom. The van der Waals surface area contributed by atoms with Gasteiger partial charge in [-0.1, -0.05) is 6.07 Å². The van der Waals surface area contributed by atoms with Gasteiger partial charge in [-0.05, 0) is 24.6 Å². The largest absolute Gasteiger partial charge is 0.478 e. The number of ether oxygens (including phenoxy) is 1. The number of aromatic carboxylic acids is 1. The molecule has 0 aliphatic rings. The van der Waals surface area contributed by atoms with Crippen LogP contribution in [0.3, 0.4) is 0 Å². The Morgan fingerprint density at radius 3 is 2.25 bits per heavy atom. The lowest BCUT2D eigenvalue weighted by Gasteiger charge is -2.06. The first-order valence-corrected chi connectivity index (χ1v) is 4.49. The highest BCUT2D eigenvalue weighted by Gasteiger charge is 2.17. The van der Waals surface area contributed by atoms with Crippen molar-refractivity contribution in [1.82, 2.24) is 0 Å². The second-order valence-corrected chi connectivity index (χ2v) is 3.16. The maximum Gasteiger partial charge on any atom is 0.346 e. The molecule has 0 spiro atoms. The van der Waals surface area contributed by atoms with E-state index in [0.29, 0.717) is 0 Å². The second kappa shape index (κ2) is 4.57. The summed E-state index contributed by atoms with van der Waals surface area (Å²) in [5.41, 5.74) is 0.370. The fraction of sp³-hybridized carbons (Fsp3) is 0.182. The predicted molar refractivity (Wildman–Crippen MR) is 54.2 cm³/mol. The minimum Gasteiger partial charge on any atom is -0.478 e. The van der Waals surface area contributed by atoms with Crippen LogP contribution in [0.25, 0.3) is 0 Å². The van der Waals surface area contributed by atoms with E-state index >= 15 is 0 Å². The first-order chi connectivity index (χ1) is 7.43. The summed E-state index contributed by atoms with van der Waals surface area (Å²) in [6, 6.07) is 4.21. The molecule has 16 heavy (non-hydrogen) atoms. The monoisotopic (exact) mass is 222 g/mol. The van der Waals surface area contributed by atoms with Gasteiger partial charge in [-0.3, -0.25) is 4.79 Å². The SMILES string of the molecule is CC(=O)OC(=O)c1cccc(C(=O)O)c1C. The molecule has 0 saturated heterocycles. The van der Waals surface area contributed by atoms with Gasteiger partial charge in [0.15, 0.2) is 0 Å². The molecule has 0 radical (unpaired) electrons. The van der Waals surface area contributed by atoms with Crippen LogP contribution in [0.1, 0.15) is 33.2 Å². The van der Waals surface area contributed by atoms with Crippen molar-refractivity contribution >= 4 is 17.9 Å². The lowest BCUT2D eigenvalue weighted by molar-refractivity contribution is -0.135. The Labute approximate surface area is 91.6 Å². The maximum atomic E-state index is 11.4. The third-order valence-electron chi connectivity index (χ3n) is 2.02. The van der Waals surface area contributed by atoms with Crippen LogP contribution in [0.4, 0.5) is 0 Å². The third kappa shape index (κ3) is 2.44. The number of carboxylic acids is 1. The van der Waals surface area contributed by atoms with Crippen LogP contribution >= 0.6 is 0 Å². The van der Waals surface area contributed by atoms with Crippen LogP contribution in [-0.4, -0.2) is 23.0 Å². The molecule has 0 heterocycles. The van der Waals surface area contributed by atoms with Gasteiger partial charge in [0.05, 0.1) is 11.1 Å². The van der Waals surface area contributed by atoms with E-state index in [1.165, 1.54) is 25.1 Å².